The molecule has 8 heteroatoms. The molecule has 0 N–H and O–H groups in total. The Bertz CT molecular complexity index is 498. The fourth-order valence-electron chi connectivity index (χ4n) is 1.31. The molecule has 0 aliphatic rings. The average Bonchev–Trinajstić information content (AvgIpc) is 2.46. The molecule has 0 aromatic carbocycles. The monoisotopic (exact) mass is 383 g/mol. The number of halogens is 3. The maximum atomic E-state index is 11.9. The van der Waals surface area contributed by atoms with Crippen molar-refractivity contribution in [2.45, 2.75) is 17.8 Å². The Morgan fingerprint density at radius 3 is 2.70 bits per heavy atom. The number of hydrogen-bond acceptors (Lipinski definition) is 5. The van der Waals surface area contributed by atoms with Gasteiger partial charge >= 0.3 is 11.9 Å². The van der Waals surface area contributed by atoms with E-state index >= 15 is 0 Å². The van der Waals surface area contributed by atoms with Crippen LogP contribution in [0.4, 0.5) is 0 Å². The maximum Gasteiger partial charge on any atom is 0.359 e. The molecule has 1 rings (SSSR count). The molecule has 0 radical (unpaired) electrons. The van der Waals surface area contributed by atoms with E-state index in [0.29, 0.717) is 5.33 Å². The quantitative estimate of drug-likeness (QED) is 0.556. The van der Waals surface area contributed by atoms with Gasteiger partial charge in [-0.15, -0.1) is 11.6 Å². The molecule has 0 amide bonds. The van der Waals surface area contributed by atoms with Gasteiger partial charge in [-0.1, -0.05) is 27.5 Å². The van der Waals surface area contributed by atoms with Crippen LogP contribution in [0.3, 0.4) is 0 Å². The minimum atomic E-state index is -0.989. The SMILES string of the molecule is CCOC(=O)c1cc(CBr)cnc1C(=O)OC(Cl)CCl. The van der Waals surface area contributed by atoms with Crippen LogP contribution >= 0.6 is 39.1 Å². The summed E-state index contributed by atoms with van der Waals surface area (Å²) in [5.41, 5.74) is -0.377. The van der Waals surface area contributed by atoms with Crippen molar-refractivity contribution in [3.63, 3.8) is 0 Å². The summed E-state index contributed by atoms with van der Waals surface area (Å²) in [5, 5.41) is 0.488. The van der Waals surface area contributed by atoms with Gasteiger partial charge in [-0.05, 0) is 18.6 Å². The molecule has 5 nitrogen and oxygen atoms in total. The molecule has 1 atom stereocenters. The van der Waals surface area contributed by atoms with Crippen LogP contribution in [-0.2, 0) is 14.8 Å². The summed E-state index contributed by atoms with van der Waals surface area (Å²) < 4.78 is 9.73. The van der Waals surface area contributed by atoms with Crippen molar-refractivity contribution in [2.24, 2.45) is 0 Å². The molecule has 1 unspecified atom stereocenters. The summed E-state index contributed by atoms with van der Waals surface area (Å²) in [4.78, 5) is 27.7. The minimum absolute atomic E-state index is 0.0345. The Labute approximate surface area is 134 Å². The summed E-state index contributed by atoms with van der Waals surface area (Å²) in [7, 11) is 0. The van der Waals surface area contributed by atoms with Crippen molar-refractivity contribution in [3.8, 4) is 0 Å². The first-order chi connectivity index (χ1) is 9.53. The van der Waals surface area contributed by atoms with Crippen molar-refractivity contribution < 1.29 is 19.1 Å². The summed E-state index contributed by atoms with van der Waals surface area (Å²) >= 11 is 14.3. The van der Waals surface area contributed by atoms with E-state index in [1.165, 1.54) is 12.3 Å². The molecule has 0 spiro atoms. The number of esters is 2. The highest BCUT2D eigenvalue weighted by Crippen LogP contribution is 2.16. The summed E-state index contributed by atoms with van der Waals surface area (Å²) in [5.74, 6) is -1.54. The number of ether oxygens (including phenoxy) is 2. The van der Waals surface area contributed by atoms with Gasteiger partial charge in [0.25, 0.3) is 0 Å². The van der Waals surface area contributed by atoms with Crippen LogP contribution in [0.5, 0.6) is 0 Å². The third-order valence-electron chi connectivity index (χ3n) is 2.14. The molecule has 1 aromatic rings. The first-order valence-electron chi connectivity index (χ1n) is 5.66. The standard InChI is InChI=1S/C12H12BrCl2NO4/c1-2-19-11(17)8-3-7(4-13)6-16-10(8)12(18)20-9(15)5-14/h3,6,9H,2,4-5H2,1H3. The highest BCUT2D eigenvalue weighted by molar-refractivity contribution is 9.08. The predicted octanol–water partition coefficient (Wildman–Crippen LogP) is 3.11. The largest absolute Gasteiger partial charge is 0.462 e. The first-order valence-corrected chi connectivity index (χ1v) is 7.75. The minimum Gasteiger partial charge on any atom is -0.462 e. The number of carbonyl (C=O) groups excluding carboxylic acids is 2. The normalized spacial score (nSPS) is 11.8. The fourth-order valence-corrected chi connectivity index (χ4v) is 1.76. The lowest BCUT2D eigenvalue weighted by molar-refractivity contribution is 0.0440. The van der Waals surface area contributed by atoms with Crippen LogP contribution in [-0.4, -0.2) is 35.0 Å². The molecule has 0 fully saturated rings. The van der Waals surface area contributed by atoms with Gasteiger partial charge < -0.3 is 9.47 Å². The van der Waals surface area contributed by atoms with E-state index in [1.54, 1.807) is 6.92 Å². The van der Waals surface area contributed by atoms with Crippen LogP contribution in [0.1, 0.15) is 33.3 Å². The van der Waals surface area contributed by atoms with Gasteiger partial charge in [0.05, 0.1) is 18.1 Å². The topological polar surface area (TPSA) is 65.5 Å². The smallest absolute Gasteiger partial charge is 0.359 e. The van der Waals surface area contributed by atoms with E-state index in [0.717, 1.165) is 5.56 Å². The van der Waals surface area contributed by atoms with Gasteiger partial charge in [0, 0.05) is 11.5 Å². The Morgan fingerprint density at radius 1 is 1.45 bits per heavy atom. The second kappa shape index (κ2) is 8.44. The predicted molar refractivity (Wildman–Crippen MR) is 78.6 cm³/mol. The zero-order valence-corrected chi connectivity index (χ0v) is 13.7. The lowest BCUT2D eigenvalue weighted by Gasteiger charge is -2.11. The van der Waals surface area contributed by atoms with Crippen LogP contribution < -0.4 is 0 Å². The Hall–Kier alpha value is -0.850. The second-order valence-electron chi connectivity index (χ2n) is 3.56. The maximum absolute atomic E-state index is 11.9. The molecule has 0 saturated heterocycles. The third kappa shape index (κ3) is 4.61. The molecule has 110 valence electrons. The van der Waals surface area contributed by atoms with Crippen LogP contribution in [0, 0.1) is 0 Å². The van der Waals surface area contributed by atoms with E-state index in [-0.39, 0.29) is 23.7 Å². The van der Waals surface area contributed by atoms with E-state index in [9.17, 15) is 9.59 Å². The number of aromatic nitrogens is 1. The van der Waals surface area contributed by atoms with Crippen LogP contribution in [0.2, 0.25) is 0 Å². The van der Waals surface area contributed by atoms with Gasteiger partial charge in [-0.2, -0.15) is 0 Å². The molecule has 20 heavy (non-hydrogen) atoms. The number of hydrogen-bond donors (Lipinski definition) is 0. The van der Waals surface area contributed by atoms with Gasteiger partial charge in [-0.25, -0.2) is 14.6 Å². The number of alkyl halides is 3. The number of nitrogens with zero attached hydrogens (tertiary/aromatic N) is 1. The van der Waals surface area contributed by atoms with Crippen LogP contribution in [0.15, 0.2) is 12.3 Å². The average molecular weight is 385 g/mol. The van der Waals surface area contributed by atoms with Gasteiger partial charge in [-0.3, -0.25) is 0 Å². The summed E-state index contributed by atoms with van der Waals surface area (Å²) in [6.45, 7) is 1.85. The molecular weight excluding hydrogens is 373 g/mol. The molecule has 1 heterocycles. The van der Waals surface area contributed by atoms with E-state index < -0.39 is 17.5 Å². The highest BCUT2D eigenvalue weighted by Gasteiger charge is 2.23. The number of pyridine rings is 1. The summed E-state index contributed by atoms with van der Waals surface area (Å²) in [6, 6.07) is 1.51. The molecule has 0 bridgehead atoms. The zero-order chi connectivity index (χ0) is 15.1. The highest BCUT2D eigenvalue weighted by atomic mass is 79.9. The van der Waals surface area contributed by atoms with Gasteiger partial charge in [0.15, 0.2) is 11.3 Å². The Morgan fingerprint density at radius 2 is 2.15 bits per heavy atom. The number of carbonyl (C=O) groups is 2. The molecule has 1 aromatic heterocycles. The van der Waals surface area contributed by atoms with Crippen LogP contribution in [0.25, 0.3) is 0 Å². The van der Waals surface area contributed by atoms with Crippen molar-refractivity contribution in [3.05, 3.63) is 29.1 Å². The second-order valence-corrected chi connectivity index (χ2v) is 4.92. The number of rotatable bonds is 6. The third-order valence-corrected chi connectivity index (χ3v) is 3.47. The van der Waals surface area contributed by atoms with Crippen molar-refractivity contribution in [1.82, 2.24) is 4.98 Å². The van der Waals surface area contributed by atoms with Crippen molar-refractivity contribution in [2.75, 3.05) is 12.5 Å². The molecule has 0 aliphatic heterocycles. The van der Waals surface area contributed by atoms with Crippen molar-refractivity contribution in [1.29, 1.82) is 0 Å². The van der Waals surface area contributed by atoms with E-state index in [4.69, 9.17) is 32.7 Å². The van der Waals surface area contributed by atoms with E-state index in [1.807, 2.05) is 0 Å². The van der Waals surface area contributed by atoms with E-state index in [2.05, 4.69) is 20.9 Å². The molecule has 0 saturated carbocycles. The zero-order valence-electron chi connectivity index (χ0n) is 10.6. The fraction of sp³-hybridized carbons (Fsp3) is 0.417. The summed E-state index contributed by atoms with van der Waals surface area (Å²) in [6.07, 6.45) is 1.46. The van der Waals surface area contributed by atoms with Crippen molar-refractivity contribution >= 4 is 51.1 Å². The lowest BCUT2D eigenvalue weighted by atomic mass is 10.1. The van der Waals surface area contributed by atoms with Gasteiger partial charge in [0.1, 0.15) is 0 Å². The Kier molecular flexibility index (Phi) is 7.26. The molecule has 0 aliphatic carbocycles. The van der Waals surface area contributed by atoms with Gasteiger partial charge in [0.2, 0.25) is 0 Å². The Balaban J connectivity index is 3.10. The molecular formula is C12H12BrCl2NO4. The first kappa shape index (κ1) is 17.2. The lowest BCUT2D eigenvalue weighted by Crippen LogP contribution is -2.20.